The molecule has 0 aliphatic carbocycles. The first-order chi connectivity index (χ1) is 9.56. The van der Waals surface area contributed by atoms with Crippen LogP contribution in [0.4, 0.5) is 0 Å². The van der Waals surface area contributed by atoms with E-state index in [1.807, 2.05) is 19.1 Å². The molecule has 0 saturated carbocycles. The van der Waals surface area contributed by atoms with E-state index in [4.69, 9.17) is 4.74 Å². The molecule has 1 aliphatic rings. The molecule has 1 fully saturated rings. The van der Waals surface area contributed by atoms with Gasteiger partial charge >= 0.3 is 0 Å². The first-order valence-electron chi connectivity index (χ1n) is 7.04. The van der Waals surface area contributed by atoms with Crippen LogP contribution in [0.3, 0.4) is 0 Å². The highest BCUT2D eigenvalue weighted by molar-refractivity contribution is 5.80. The molecule has 2 heterocycles. The largest absolute Gasteiger partial charge is 0.366 e. The number of nitrogens with zero attached hydrogens (tertiary/aromatic N) is 3. The van der Waals surface area contributed by atoms with Crippen LogP contribution in [0.1, 0.15) is 11.4 Å². The smallest absolute Gasteiger partial charge is 0.252 e. The number of morpholine rings is 1. The van der Waals surface area contributed by atoms with Crippen LogP contribution in [0, 0.1) is 6.92 Å². The van der Waals surface area contributed by atoms with Crippen molar-refractivity contribution in [3.63, 3.8) is 0 Å². The number of pyridine rings is 1. The minimum absolute atomic E-state index is 0.0448. The Kier molecular flexibility index (Phi) is 5.09. The number of carbonyl (C=O) groups excluding carboxylic acids is 1. The summed E-state index contributed by atoms with van der Waals surface area (Å²) in [6.07, 6.45) is 0.578. The average Bonchev–Trinajstić information content (AvgIpc) is 2.44. The summed E-state index contributed by atoms with van der Waals surface area (Å²) >= 11 is 0. The number of aromatic nitrogens is 1. The van der Waals surface area contributed by atoms with Gasteiger partial charge in [0, 0.05) is 51.5 Å². The summed E-state index contributed by atoms with van der Waals surface area (Å²) < 4.78 is 5.55. The zero-order valence-electron chi connectivity index (χ0n) is 12.5. The summed E-state index contributed by atoms with van der Waals surface area (Å²) in [5.41, 5.74) is 2.15. The second-order valence-electron chi connectivity index (χ2n) is 5.41. The molecule has 0 radical (unpaired) electrons. The minimum Gasteiger partial charge on any atom is -0.366 e. The van der Waals surface area contributed by atoms with Gasteiger partial charge in [0.15, 0.2) is 0 Å². The number of hydrogen-bond acceptors (Lipinski definition) is 4. The van der Waals surface area contributed by atoms with E-state index in [9.17, 15) is 4.79 Å². The lowest BCUT2D eigenvalue weighted by Crippen LogP contribution is -2.49. The van der Waals surface area contributed by atoms with Gasteiger partial charge in [-0.25, -0.2) is 0 Å². The number of rotatable bonds is 4. The van der Waals surface area contributed by atoms with Gasteiger partial charge in [-0.1, -0.05) is 6.07 Å². The lowest BCUT2D eigenvalue weighted by atomic mass is 10.2. The maximum atomic E-state index is 11.9. The predicted octanol–water partition coefficient (Wildman–Crippen LogP) is 0.722. The molecule has 2 rings (SSSR count). The topological polar surface area (TPSA) is 45.7 Å². The fourth-order valence-electron chi connectivity index (χ4n) is 2.35. The lowest BCUT2D eigenvalue weighted by molar-refractivity contribution is -0.146. The van der Waals surface area contributed by atoms with Gasteiger partial charge in [-0.2, -0.15) is 0 Å². The molecule has 1 unspecified atom stereocenters. The number of hydrogen-bond donors (Lipinski definition) is 0. The van der Waals surface area contributed by atoms with E-state index in [-0.39, 0.29) is 12.0 Å². The number of ether oxygens (including phenoxy) is 1. The summed E-state index contributed by atoms with van der Waals surface area (Å²) in [4.78, 5) is 20.3. The van der Waals surface area contributed by atoms with Gasteiger partial charge in [0.25, 0.3) is 5.91 Å². The van der Waals surface area contributed by atoms with Gasteiger partial charge in [0.05, 0.1) is 6.61 Å². The van der Waals surface area contributed by atoms with Crippen molar-refractivity contribution in [1.29, 1.82) is 0 Å². The Hall–Kier alpha value is -1.46. The summed E-state index contributed by atoms with van der Waals surface area (Å²) in [5, 5.41) is 0. The SMILES string of the molecule is Cc1cccc(CCN2CCOC(C(=O)N(C)C)C2)n1. The highest BCUT2D eigenvalue weighted by Crippen LogP contribution is 2.09. The molecule has 1 aromatic rings. The summed E-state index contributed by atoms with van der Waals surface area (Å²) in [7, 11) is 3.53. The zero-order chi connectivity index (χ0) is 14.5. The van der Waals surface area contributed by atoms with Crippen molar-refractivity contribution >= 4 is 5.91 Å². The van der Waals surface area contributed by atoms with Gasteiger partial charge in [-0.05, 0) is 19.1 Å². The van der Waals surface area contributed by atoms with Gasteiger partial charge in [-0.15, -0.1) is 0 Å². The van der Waals surface area contributed by atoms with Crippen molar-refractivity contribution in [2.24, 2.45) is 0 Å². The lowest BCUT2D eigenvalue weighted by Gasteiger charge is -2.33. The first kappa shape index (κ1) is 14.9. The Morgan fingerprint density at radius 2 is 2.30 bits per heavy atom. The monoisotopic (exact) mass is 277 g/mol. The van der Waals surface area contributed by atoms with Crippen molar-refractivity contribution in [1.82, 2.24) is 14.8 Å². The summed E-state index contributed by atoms with van der Waals surface area (Å²) in [6.45, 7) is 5.08. The van der Waals surface area contributed by atoms with Crippen molar-refractivity contribution in [2.45, 2.75) is 19.4 Å². The number of aryl methyl sites for hydroxylation is 1. The van der Waals surface area contributed by atoms with Gasteiger partial charge in [-0.3, -0.25) is 14.7 Å². The third-order valence-corrected chi connectivity index (χ3v) is 3.50. The van der Waals surface area contributed by atoms with E-state index in [2.05, 4.69) is 16.0 Å². The third-order valence-electron chi connectivity index (χ3n) is 3.50. The molecule has 1 saturated heterocycles. The molecule has 0 aromatic carbocycles. The minimum atomic E-state index is -0.329. The Balaban J connectivity index is 1.85. The second-order valence-corrected chi connectivity index (χ2v) is 5.41. The maximum absolute atomic E-state index is 11.9. The summed E-state index contributed by atoms with van der Waals surface area (Å²) in [5.74, 6) is 0.0448. The highest BCUT2D eigenvalue weighted by Gasteiger charge is 2.27. The van der Waals surface area contributed by atoms with Crippen molar-refractivity contribution in [3.8, 4) is 0 Å². The molecule has 1 aromatic heterocycles. The fraction of sp³-hybridized carbons (Fsp3) is 0.600. The predicted molar refractivity (Wildman–Crippen MR) is 77.6 cm³/mol. The molecule has 20 heavy (non-hydrogen) atoms. The fourth-order valence-corrected chi connectivity index (χ4v) is 2.35. The number of amides is 1. The maximum Gasteiger partial charge on any atom is 0.252 e. The van der Waals surface area contributed by atoms with Crippen molar-refractivity contribution in [2.75, 3.05) is 40.3 Å². The van der Waals surface area contributed by atoms with Crippen LogP contribution in [-0.2, 0) is 16.0 Å². The molecular formula is C15H23N3O2. The van der Waals surface area contributed by atoms with Gasteiger partial charge in [0.2, 0.25) is 0 Å². The van der Waals surface area contributed by atoms with E-state index in [0.29, 0.717) is 13.2 Å². The van der Waals surface area contributed by atoms with Crippen LogP contribution in [0.2, 0.25) is 0 Å². The molecule has 0 N–H and O–H groups in total. The second kappa shape index (κ2) is 6.81. The van der Waals surface area contributed by atoms with E-state index in [0.717, 1.165) is 30.9 Å². The van der Waals surface area contributed by atoms with Gasteiger partial charge < -0.3 is 9.64 Å². The van der Waals surface area contributed by atoms with E-state index in [1.54, 1.807) is 19.0 Å². The average molecular weight is 277 g/mol. The highest BCUT2D eigenvalue weighted by atomic mass is 16.5. The van der Waals surface area contributed by atoms with Crippen molar-refractivity contribution < 1.29 is 9.53 Å². The summed E-state index contributed by atoms with van der Waals surface area (Å²) in [6, 6.07) is 6.09. The number of carbonyl (C=O) groups is 1. The Labute approximate surface area is 120 Å². The number of likely N-dealkylation sites (N-methyl/N-ethyl adjacent to an activating group) is 1. The zero-order valence-corrected chi connectivity index (χ0v) is 12.5. The van der Waals surface area contributed by atoms with E-state index in [1.165, 1.54) is 0 Å². The van der Waals surface area contributed by atoms with Crippen LogP contribution in [0.15, 0.2) is 18.2 Å². The van der Waals surface area contributed by atoms with Crippen LogP contribution in [0.5, 0.6) is 0 Å². The molecule has 0 bridgehead atoms. The Morgan fingerprint density at radius 1 is 1.50 bits per heavy atom. The first-order valence-corrected chi connectivity index (χ1v) is 7.04. The standard InChI is InChI=1S/C15H23N3O2/c1-12-5-4-6-13(16-12)7-8-18-9-10-20-14(11-18)15(19)17(2)3/h4-6,14H,7-11H2,1-3H3. The third kappa shape index (κ3) is 4.02. The molecule has 5 nitrogen and oxygen atoms in total. The van der Waals surface area contributed by atoms with Crippen LogP contribution >= 0.6 is 0 Å². The quantitative estimate of drug-likeness (QED) is 0.813. The molecule has 0 spiro atoms. The molecule has 1 aliphatic heterocycles. The van der Waals surface area contributed by atoms with Crippen molar-refractivity contribution in [3.05, 3.63) is 29.6 Å². The molecule has 1 amide bonds. The molecular weight excluding hydrogens is 254 g/mol. The van der Waals surface area contributed by atoms with Crippen LogP contribution in [-0.4, -0.2) is 67.1 Å². The Morgan fingerprint density at radius 3 is 3.00 bits per heavy atom. The van der Waals surface area contributed by atoms with Gasteiger partial charge in [0.1, 0.15) is 6.10 Å². The van der Waals surface area contributed by atoms with Crippen LogP contribution in [0.25, 0.3) is 0 Å². The molecule has 5 heteroatoms. The van der Waals surface area contributed by atoms with Crippen LogP contribution < -0.4 is 0 Å². The van der Waals surface area contributed by atoms with E-state index >= 15 is 0 Å². The normalized spacial score (nSPS) is 19.9. The molecule has 110 valence electrons. The Bertz CT molecular complexity index is 462. The molecule has 1 atom stereocenters. The van der Waals surface area contributed by atoms with E-state index < -0.39 is 0 Å².